The molecule has 110 valence electrons. The van der Waals surface area contributed by atoms with E-state index in [1.165, 1.54) is 0 Å². The van der Waals surface area contributed by atoms with Gasteiger partial charge < -0.3 is 15.5 Å². The van der Waals surface area contributed by atoms with Crippen molar-refractivity contribution in [3.05, 3.63) is 23.9 Å². The second kappa shape index (κ2) is 6.70. The summed E-state index contributed by atoms with van der Waals surface area (Å²) in [5, 5.41) is 6.28. The van der Waals surface area contributed by atoms with Gasteiger partial charge in [-0.2, -0.15) is 0 Å². The Balaban J connectivity index is 1.99. The topological polar surface area (TPSA) is 57.3 Å². The Morgan fingerprint density at radius 1 is 1.55 bits per heavy atom. The third kappa shape index (κ3) is 3.70. The summed E-state index contributed by atoms with van der Waals surface area (Å²) in [6.07, 6.45) is 2.68. The molecule has 2 N–H and O–H groups in total. The summed E-state index contributed by atoms with van der Waals surface area (Å²) < 4.78 is 0. The van der Waals surface area contributed by atoms with Crippen LogP contribution in [0.4, 0.5) is 5.82 Å². The molecule has 1 amide bonds. The number of hydrogen-bond acceptors (Lipinski definition) is 4. The van der Waals surface area contributed by atoms with Crippen LogP contribution in [0.5, 0.6) is 0 Å². The highest BCUT2D eigenvalue weighted by Gasteiger charge is 2.25. The van der Waals surface area contributed by atoms with Crippen LogP contribution in [0.1, 0.15) is 30.6 Å². The van der Waals surface area contributed by atoms with E-state index in [0.29, 0.717) is 11.5 Å². The molecule has 0 aliphatic carbocycles. The molecule has 20 heavy (non-hydrogen) atoms. The monoisotopic (exact) mass is 276 g/mol. The van der Waals surface area contributed by atoms with Crippen LogP contribution in [0.15, 0.2) is 18.3 Å². The number of nitrogens with one attached hydrogen (secondary N) is 2. The van der Waals surface area contributed by atoms with E-state index in [4.69, 9.17) is 0 Å². The molecule has 0 bridgehead atoms. The summed E-state index contributed by atoms with van der Waals surface area (Å²) in [5.74, 6) is 1.22. The number of hydrogen-bond donors (Lipinski definition) is 2. The number of aromatic nitrogens is 1. The first-order valence-corrected chi connectivity index (χ1v) is 7.29. The molecule has 2 heterocycles. The van der Waals surface area contributed by atoms with Gasteiger partial charge in [-0.3, -0.25) is 4.79 Å². The summed E-state index contributed by atoms with van der Waals surface area (Å²) in [4.78, 5) is 18.8. The summed E-state index contributed by atoms with van der Waals surface area (Å²) in [6, 6.07) is 3.82. The Labute approximate surface area is 120 Å². The van der Waals surface area contributed by atoms with Crippen LogP contribution in [0.25, 0.3) is 0 Å². The molecule has 1 fully saturated rings. The maximum Gasteiger partial charge on any atom is 0.251 e. The maximum atomic E-state index is 12.3. The first-order chi connectivity index (χ1) is 9.60. The Bertz CT molecular complexity index is 463. The zero-order chi connectivity index (χ0) is 14.5. The van der Waals surface area contributed by atoms with E-state index in [1.54, 1.807) is 18.3 Å². The zero-order valence-corrected chi connectivity index (χ0v) is 12.5. The molecule has 1 saturated heterocycles. The van der Waals surface area contributed by atoms with Crippen LogP contribution in [0, 0.1) is 5.92 Å². The first kappa shape index (κ1) is 14.8. The number of piperidine rings is 1. The lowest BCUT2D eigenvalue weighted by Crippen LogP contribution is -2.48. The molecular weight excluding hydrogens is 252 g/mol. The molecule has 5 nitrogen and oxygen atoms in total. The fraction of sp³-hybridized carbons (Fsp3) is 0.600. The largest absolute Gasteiger partial charge is 0.370 e. The fourth-order valence-corrected chi connectivity index (χ4v) is 2.67. The van der Waals surface area contributed by atoms with E-state index in [0.717, 1.165) is 31.9 Å². The summed E-state index contributed by atoms with van der Waals surface area (Å²) >= 11 is 0. The molecule has 1 aliphatic heterocycles. The highest BCUT2D eigenvalue weighted by atomic mass is 16.1. The van der Waals surface area contributed by atoms with Crippen molar-refractivity contribution in [1.29, 1.82) is 0 Å². The molecule has 0 radical (unpaired) electrons. The molecule has 1 aromatic heterocycles. The lowest BCUT2D eigenvalue weighted by atomic mass is 9.94. The van der Waals surface area contributed by atoms with Gasteiger partial charge in [-0.1, -0.05) is 6.92 Å². The van der Waals surface area contributed by atoms with Gasteiger partial charge in [0.05, 0.1) is 0 Å². The second-order valence-electron chi connectivity index (χ2n) is 5.57. The SMILES string of the molecule is CCNc1cc(C(=O)NC2CCN(C)CC2C)ccn1. The van der Waals surface area contributed by atoms with E-state index in [9.17, 15) is 4.79 Å². The number of carbonyl (C=O) groups excluding carboxylic acids is 1. The summed E-state index contributed by atoms with van der Waals surface area (Å²) in [5.41, 5.74) is 0.669. The van der Waals surface area contributed by atoms with E-state index >= 15 is 0 Å². The van der Waals surface area contributed by atoms with Crippen LogP contribution in [-0.2, 0) is 0 Å². The highest BCUT2D eigenvalue weighted by Crippen LogP contribution is 2.16. The summed E-state index contributed by atoms with van der Waals surface area (Å²) in [6.45, 7) is 7.06. The third-order valence-electron chi connectivity index (χ3n) is 3.80. The molecule has 0 spiro atoms. The van der Waals surface area contributed by atoms with Crippen molar-refractivity contribution in [2.45, 2.75) is 26.3 Å². The van der Waals surface area contributed by atoms with E-state index in [2.05, 4.69) is 34.5 Å². The zero-order valence-electron chi connectivity index (χ0n) is 12.5. The quantitative estimate of drug-likeness (QED) is 0.877. The number of pyridine rings is 1. The van der Waals surface area contributed by atoms with Gasteiger partial charge in [0.1, 0.15) is 5.82 Å². The van der Waals surface area contributed by atoms with Crippen molar-refractivity contribution in [1.82, 2.24) is 15.2 Å². The molecule has 2 unspecified atom stereocenters. The highest BCUT2D eigenvalue weighted by molar-refractivity contribution is 5.95. The van der Waals surface area contributed by atoms with Gasteiger partial charge in [0.25, 0.3) is 5.91 Å². The van der Waals surface area contributed by atoms with Crippen LogP contribution < -0.4 is 10.6 Å². The predicted molar refractivity (Wildman–Crippen MR) is 80.9 cm³/mol. The Kier molecular flexibility index (Phi) is 4.95. The minimum Gasteiger partial charge on any atom is -0.370 e. The normalized spacial score (nSPS) is 23.4. The smallest absolute Gasteiger partial charge is 0.251 e. The van der Waals surface area contributed by atoms with Crippen molar-refractivity contribution < 1.29 is 4.79 Å². The average Bonchev–Trinajstić information content (AvgIpc) is 2.42. The van der Waals surface area contributed by atoms with Crippen molar-refractivity contribution in [3.8, 4) is 0 Å². The summed E-state index contributed by atoms with van der Waals surface area (Å²) in [7, 11) is 2.13. The maximum absolute atomic E-state index is 12.3. The Morgan fingerprint density at radius 3 is 3.05 bits per heavy atom. The Hall–Kier alpha value is -1.62. The third-order valence-corrected chi connectivity index (χ3v) is 3.80. The van der Waals surface area contributed by atoms with Crippen LogP contribution in [0.2, 0.25) is 0 Å². The first-order valence-electron chi connectivity index (χ1n) is 7.29. The lowest BCUT2D eigenvalue weighted by Gasteiger charge is -2.35. The van der Waals surface area contributed by atoms with E-state index in [1.807, 2.05) is 6.92 Å². The minimum atomic E-state index is -0.00652. The second-order valence-corrected chi connectivity index (χ2v) is 5.57. The molecule has 2 atom stereocenters. The van der Waals surface area contributed by atoms with Crippen molar-refractivity contribution >= 4 is 11.7 Å². The van der Waals surface area contributed by atoms with Gasteiger partial charge in [0.15, 0.2) is 0 Å². The van der Waals surface area contributed by atoms with Crippen LogP contribution in [-0.4, -0.2) is 48.5 Å². The number of rotatable bonds is 4. The van der Waals surface area contributed by atoms with Gasteiger partial charge in [0, 0.05) is 30.9 Å². The number of amides is 1. The minimum absolute atomic E-state index is 0.00652. The number of nitrogens with zero attached hydrogens (tertiary/aromatic N) is 2. The van der Waals surface area contributed by atoms with Crippen LogP contribution in [0.3, 0.4) is 0 Å². The fourth-order valence-electron chi connectivity index (χ4n) is 2.67. The van der Waals surface area contributed by atoms with Gasteiger partial charge in [-0.25, -0.2) is 4.98 Å². The predicted octanol–water partition coefficient (Wildman–Crippen LogP) is 1.58. The van der Waals surface area contributed by atoms with Gasteiger partial charge in [-0.05, 0) is 45.0 Å². The molecular formula is C15H24N4O. The molecule has 1 aromatic rings. The molecule has 5 heteroatoms. The molecule has 2 rings (SSSR count). The molecule has 0 aromatic carbocycles. The number of likely N-dealkylation sites (tertiary alicyclic amines) is 1. The standard InChI is InChI=1S/C15H24N4O/c1-4-16-14-9-12(5-7-17-14)15(20)18-13-6-8-19(3)10-11(13)2/h5,7,9,11,13H,4,6,8,10H2,1-3H3,(H,16,17)(H,18,20). The van der Waals surface area contributed by atoms with Crippen molar-refractivity contribution in [2.24, 2.45) is 5.92 Å². The van der Waals surface area contributed by atoms with Crippen LogP contribution >= 0.6 is 0 Å². The number of anilines is 1. The molecule has 0 saturated carbocycles. The van der Waals surface area contributed by atoms with Gasteiger partial charge >= 0.3 is 0 Å². The average molecular weight is 276 g/mol. The lowest BCUT2D eigenvalue weighted by molar-refractivity contribution is 0.0884. The van der Waals surface area contributed by atoms with E-state index in [-0.39, 0.29) is 11.9 Å². The van der Waals surface area contributed by atoms with E-state index < -0.39 is 0 Å². The van der Waals surface area contributed by atoms with Gasteiger partial charge in [-0.15, -0.1) is 0 Å². The molecule has 1 aliphatic rings. The Morgan fingerprint density at radius 2 is 2.35 bits per heavy atom. The number of carbonyl (C=O) groups is 1. The van der Waals surface area contributed by atoms with Crippen molar-refractivity contribution in [2.75, 3.05) is 32.0 Å². The van der Waals surface area contributed by atoms with Crippen molar-refractivity contribution in [3.63, 3.8) is 0 Å². The van der Waals surface area contributed by atoms with Gasteiger partial charge in [0.2, 0.25) is 0 Å².